The molecule has 0 unspecified atom stereocenters. The van der Waals surface area contributed by atoms with Gasteiger partial charge in [-0.2, -0.15) is 0 Å². The maximum Gasteiger partial charge on any atom is 0.292 e. The van der Waals surface area contributed by atoms with Gasteiger partial charge in [-0.3, -0.25) is 14.9 Å². The number of hydrogen-bond acceptors (Lipinski definition) is 6. The van der Waals surface area contributed by atoms with E-state index in [9.17, 15) is 14.9 Å². The minimum Gasteiger partial charge on any atom is -0.383 e. The number of benzene rings is 2. The summed E-state index contributed by atoms with van der Waals surface area (Å²) in [7, 11) is 1.62. The number of rotatable bonds is 4. The van der Waals surface area contributed by atoms with Crippen molar-refractivity contribution in [2.24, 2.45) is 4.99 Å². The van der Waals surface area contributed by atoms with Crippen LogP contribution in [0.1, 0.15) is 11.1 Å². The van der Waals surface area contributed by atoms with Crippen LogP contribution in [0.15, 0.2) is 52.4 Å². The number of carbonyl (C=O) groups is 1. The first-order valence-corrected chi connectivity index (χ1v) is 8.60. The first-order chi connectivity index (χ1) is 12.5. The molecule has 26 heavy (non-hydrogen) atoms. The van der Waals surface area contributed by atoms with Crippen molar-refractivity contribution in [1.82, 2.24) is 5.32 Å². The predicted octanol–water partition coefficient (Wildman–Crippen LogP) is 3.84. The summed E-state index contributed by atoms with van der Waals surface area (Å²) in [5.74, 6) is -0.276. The largest absolute Gasteiger partial charge is 0.383 e. The Labute approximate surface area is 154 Å². The normalized spacial score (nSPS) is 16.8. The number of nitrogens with one attached hydrogen (secondary N) is 2. The zero-order chi connectivity index (χ0) is 18.7. The average Bonchev–Trinajstić information content (AvgIpc) is 2.94. The summed E-state index contributed by atoms with van der Waals surface area (Å²) in [4.78, 5) is 27.7. The summed E-state index contributed by atoms with van der Waals surface area (Å²) >= 11 is 1.20. The molecular formula is C18H16N4O3S. The first-order valence-electron chi connectivity index (χ1n) is 7.79. The van der Waals surface area contributed by atoms with Crippen LogP contribution in [0.3, 0.4) is 0 Å². The summed E-state index contributed by atoms with van der Waals surface area (Å²) in [6.45, 7) is 1.97. The maximum atomic E-state index is 12.2. The molecule has 1 saturated heterocycles. The van der Waals surface area contributed by atoms with E-state index in [1.54, 1.807) is 25.3 Å². The Balaban J connectivity index is 1.87. The van der Waals surface area contributed by atoms with Gasteiger partial charge in [0.05, 0.1) is 15.5 Å². The fourth-order valence-corrected chi connectivity index (χ4v) is 3.29. The number of thioether (sulfide) groups is 1. The van der Waals surface area contributed by atoms with Crippen LogP contribution in [0.4, 0.5) is 17.1 Å². The van der Waals surface area contributed by atoms with E-state index in [0.717, 1.165) is 11.3 Å². The highest BCUT2D eigenvalue weighted by molar-refractivity contribution is 8.18. The van der Waals surface area contributed by atoms with Gasteiger partial charge in [0.2, 0.25) is 0 Å². The van der Waals surface area contributed by atoms with E-state index in [1.807, 2.05) is 31.2 Å². The standard InChI is InChI=1S/C18H16N4O3S/c1-11-4-3-5-13(8-11)20-18-21-17(23)16(26-18)10-12-6-7-14(19-2)15(9-12)22(24)25/h3-10,19H,1-2H3,(H,20,21,23). The van der Waals surface area contributed by atoms with Gasteiger partial charge in [-0.25, -0.2) is 4.99 Å². The molecule has 2 aromatic carbocycles. The predicted molar refractivity (Wildman–Crippen MR) is 105 cm³/mol. The number of aliphatic imine (C=N–C) groups is 1. The highest BCUT2D eigenvalue weighted by Gasteiger charge is 2.24. The molecule has 1 heterocycles. The number of amides is 1. The Bertz CT molecular complexity index is 953. The first kappa shape index (κ1) is 17.7. The molecule has 0 bridgehead atoms. The van der Waals surface area contributed by atoms with Crippen molar-refractivity contribution in [3.05, 3.63) is 68.6 Å². The molecule has 0 saturated carbocycles. The average molecular weight is 368 g/mol. The summed E-state index contributed by atoms with van der Waals surface area (Å²) in [6, 6.07) is 12.4. The Morgan fingerprint density at radius 1 is 1.27 bits per heavy atom. The fourth-order valence-electron chi connectivity index (χ4n) is 2.45. The van der Waals surface area contributed by atoms with E-state index in [0.29, 0.717) is 21.3 Å². The van der Waals surface area contributed by atoms with Crippen molar-refractivity contribution < 1.29 is 9.72 Å². The number of nitro groups is 1. The monoisotopic (exact) mass is 368 g/mol. The van der Waals surface area contributed by atoms with Gasteiger partial charge < -0.3 is 10.6 Å². The maximum absolute atomic E-state index is 12.2. The molecule has 7 nitrogen and oxygen atoms in total. The number of carbonyl (C=O) groups excluding carboxylic acids is 1. The van der Waals surface area contributed by atoms with Crippen LogP contribution in [-0.4, -0.2) is 23.0 Å². The number of nitrogens with zero attached hydrogens (tertiary/aromatic N) is 2. The summed E-state index contributed by atoms with van der Waals surface area (Å²) in [5.41, 5.74) is 2.78. The van der Waals surface area contributed by atoms with Gasteiger partial charge >= 0.3 is 0 Å². The summed E-state index contributed by atoms with van der Waals surface area (Å²) < 4.78 is 0. The second kappa shape index (κ2) is 7.40. The third kappa shape index (κ3) is 3.92. The van der Waals surface area contributed by atoms with Gasteiger partial charge in [0.1, 0.15) is 5.69 Å². The van der Waals surface area contributed by atoms with E-state index >= 15 is 0 Å². The molecule has 3 rings (SSSR count). The van der Waals surface area contributed by atoms with Crippen LogP contribution in [-0.2, 0) is 4.79 Å². The van der Waals surface area contributed by atoms with Crippen LogP contribution in [0.25, 0.3) is 6.08 Å². The van der Waals surface area contributed by atoms with Crippen molar-refractivity contribution >= 4 is 46.0 Å². The minimum atomic E-state index is -0.458. The van der Waals surface area contributed by atoms with Crippen LogP contribution in [0.5, 0.6) is 0 Å². The van der Waals surface area contributed by atoms with E-state index < -0.39 is 4.92 Å². The Morgan fingerprint density at radius 2 is 2.08 bits per heavy atom. The zero-order valence-electron chi connectivity index (χ0n) is 14.1. The Hall–Kier alpha value is -3.13. The van der Waals surface area contributed by atoms with Crippen molar-refractivity contribution in [1.29, 1.82) is 0 Å². The van der Waals surface area contributed by atoms with Crippen molar-refractivity contribution in [2.45, 2.75) is 6.92 Å². The van der Waals surface area contributed by atoms with Gasteiger partial charge in [0, 0.05) is 13.1 Å². The topological polar surface area (TPSA) is 96.6 Å². The second-order valence-corrected chi connectivity index (χ2v) is 6.64. The smallest absolute Gasteiger partial charge is 0.292 e. The molecule has 2 N–H and O–H groups in total. The number of hydrogen-bond donors (Lipinski definition) is 2. The third-order valence-corrected chi connectivity index (χ3v) is 4.58. The van der Waals surface area contributed by atoms with Crippen LogP contribution >= 0.6 is 11.8 Å². The molecule has 1 amide bonds. The van der Waals surface area contributed by atoms with Crippen LogP contribution in [0, 0.1) is 17.0 Å². The highest BCUT2D eigenvalue weighted by Crippen LogP contribution is 2.31. The number of anilines is 1. The molecule has 0 aromatic heterocycles. The molecule has 0 atom stereocenters. The molecule has 8 heteroatoms. The van der Waals surface area contributed by atoms with E-state index in [4.69, 9.17) is 0 Å². The zero-order valence-corrected chi connectivity index (χ0v) is 15.0. The molecule has 132 valence electrons. The lowest BCUT2D eigenvalue weighted by Crippen LogP contribution is -2.19. The highest BCUT2D eigenvalue weighted by atomic mass is 32.2. The van der Waals surface area contributed by atoms with Crippen LogP contribution < -0.4 is 10.6 Å². The molecule has 0 aliphatic carbocycles. The lowest BCUT2D eigenvalue weighted by atomic mass is 10.1. The molecule has 1 aliphatic rings. The van der Waals surface area contributed by atoms with Crippen molar-refractivity contribution in [3.63, 3.8) is 0 Å². The third-order valence-electron chi connectivity index (χ3n) is 3.67. The number of amidine groups is 1. The van der Waals surface area contributed by atoms with Gasteiger partial charge in [-0.05, 0) is 54.1 Å². The molecular weight excluding hydrogens is 352 g/mol. The van der Waals surface area contributed by atoms with Gasteiger partial charge in [-0.15, -0.1) is 0 Å². The number of aryl methyl sites for hydroxylation is 1. The van der Waals surface area contributed by atoms with Gasteiger partial charge in [0.15, 0.2) is 5.17 Å². The van der Waals surface area contributed by atoms with Gasteiger partial charge in [-0.1, -0.05) is 18.2 Å². The molecule has 0 spiro atoms. The van der Waals surface area contributed by atoms with Gasteiger partial charge in [0.25, 0.3) is 11.6 Å². The lowest BCUT2D eigenvalue weighted by Gasteiger charge is -2.03. The lowest BCUT2D eigenvalue weighted by molar-refractivity contribution is -0.384. The quantitative estimate of drug-likeness (QED) is 0.486. The minimum absolute atomic E-state index is 0.0427. The Morgan fingerprint density at radius 3 is 2.77 bits per heavy atom. The van der Waals surface area contributed by atoms with Crippen molar-refractivity contribution in [2.75, 3.05) is 12.4 Å². The SMILES string of the molecule is CNc1ccc(C=C2SC(=Nc3cccc(C)c3)NC2=O)cc1[N+](=O)[O-]. The molecule has 0 radical (unpaired) electrons. The Kier molecular flexibility index (Phi) is 5.04. The second-order valence-electron chi connectivity index (χ2n) is 5.60. The summed E-state index contributed by atoms with van der Waals surface area (Å²) in [5, 5.41) is 17.1. The summed E-state index contributed by atoms with van der Waals surface area (Å²) in [6.07, 6.45) is 1.62. The molecule has 1 aliphatic heterocycles. The van der Waals surface area contributed by atoms with E-state index in [-0.39, 0.29) is 11.6 Å². The van der Waals surface area contributed by atoms with E-state index in [2.05, 4.69) is 15.6 Å². The molecule has 1 fully saturated rings. The van der Waals surface area contributed by atoms with Crippen LogP contribution in [0.2, 0.25) is 0 Å². The number of nitro benzene ring substituents is 1. The molecule has 2 aromatic rings. The fraction of sp³-hybridized carbons (Fsp3) is 0.111. The van der Waals surface area contributed by atoms with E-state index in [1.165, 1.54) is 17.8 Å². The van der Waals surface area contributed by atoms with Crippen molar-refractivity contribution in [3.8, 4) is 0 Å².